The lowest BCUT2D eigenvalue weighted by molar-refractivity contribution is -0.127. The van der Waals surface area contributed by atoms with Crippen LogP contribution in [0.1, 0.15) is 5.76 Å². The molecule has 3 aromatic rings. The fraction of sp³-hybridized carbons (Fsp3) is 0.0455. The molecule has 1 fully saturated rings. The topological polar surface area (TPSA) is 79.6 Å². The average molecular weight is 491 g/mol. The van der Waals surface area contributed by atoms with Crippen LogP contribution in [0, 0.1) is 5.82 Å². The summed E-state index contributed by atoms with van der Waals surface area (Å²) in [4.78, 5) is 38.0. The number of amides is 3. The second-order valence-electron chi connectivity index (χ2n) is 6.65. The molecular formula is C22H13Cl2FN2O4S. The Hall–Kier alpha value is -3.07. The quantitative estimate of drug-likeness (QED) is 0.439. The summed E-state index contributed by atoms with van der Waals surface area (Å²) in [5.74, 6) is -1.01. The van der Waals surface area contributed by atoms with Gasteiger partial charge < -0.3 is 9.73 Å². The monoisotopic (exact) mass is 490 g/mol. The van der Waals surface area contributed by atoms with E-state index in [-0.39, 0.29) is 10.6 Å². The van der Waals surface area contributed by atoms with Crippen LogP contribution >= 0.6 is 35.0 Å². The van der Waals surface area contributed by atoms with Crippen LogP contribution in [0.25, 0.3) is 17.4 Å². The van der Waals surface area contributed by atoms with Gasteiger partial charge >= 0.3 is 0 Å². The maximum Gasteiger partial charge on any atom is 0.294 e. The van der Waals surface area contributed by atoms with Gasteiger partial charge in [-0.3, -0.25) is 19.3 Å². The summed E-state index contributed by atoms with van der Waals surface area (Å²) < 4.78 is 19.0. The fourth-order valence-corrected chi connectivity index (χ4v) is 4.14. The van der Waals surface area contributed by atoms with E-state index in [2.05, 4.69) is 5.32 Å². The van der Waals surface area contributed by atoms with Gasteiger partial charge in [0.25, 0.3) is 11.1 Å². The van der Waals surface area contributed by atoms with Crippen LogP contribution in [0.5, 0.6) is 0 Å². The molecule has 2 aromatic carbocycles. The summed E-state index contributed by atoms with van der Waals surface area (Å²) >= 11 is 12.9. The van der Waals surface area contributed by atoms with Crippen molar-refractivity contribution in [1.82, 2.24) is 4.90 Å². The minimum atomic E-state index is -0.631. The molecule has 0 bridgehead atoms. The first kappa shape index (κ1) is 22.1. The second kappa shape index (κ2) is 9.20. The normalized spacial score (nSPS) is 15.0. The summed E-state index contributed by atoms with van der Waals surface area (Å²) in [6, 6.07) is 13.5. The Bertz CT molecular complexity index is 1270. The van der Waals surface area contributed by atoms with Crippen molar-refractivity contribution in [2.45, 2.75) is 0 Å². The highest BCUT2D eigenvalue weighted by atomic mass is 35.5. The van der Waals surface area contributed by atoms with Crippen molar-refractivity contribution < 1.29 is 23.2 Å². The van der Waals surface area contributed by atoms with Gasteiger partial charge in [-0.2, -0.15) is 0 Å². The van der Waals surface area contributed by atoms with Gasteiger partial charge in [-0.1, -0.05) is 29.3 Å². The van der Waals surface area contributed by atoms with Crippen molar-refractivity contribution in [3.63, 3.8) is 0 Å². The van der Waals surface area contributed by atoms with Crippen LogP contribution in [-0.2, 0) is 9.59 Å². The number of furan rings is 1. The lowest BCUT2D eigenvalue weighted by Gasteiger charge is -2.12. The Morgan fingerprint density at radius 2 is 1.94 bits per heavy atom. The van der Waals surface area contributed by atoms with Gasteiger partial charge in [-0.15, -0.1) is 0 Å². The molecule has 1 N–H and O–H groups in total. The summed E-state index contributed by atoms with van der Waals surface area (Å²) in [7, 11) is 0. The molecule has 3 amide bonds. The van der Waals surface area contributed by atoms with Gasteiger partial charge in [0, 0.05) is 22.3 Å². The van der Waals surface area contributed by atoms with Gasteiger partial charge in [0.2, 0.25) is 5.91 Å². The Labute approximate surface area is 196 Å². The average Bonchev–Trinajstić information content (AvgIpc) is 3.30. The van der Waals surface area contributed by atoms with E-state index in [1.165, 1.54) is 24.3 Å². The van der Waals surface area contributed by atoms with Gasteiger partial charge in [0.05, 0.1) is 9.93 Å². The molecule has 1 aliphatic rings. The summed E-state index contributed by atoms with van der Waals surface area (Å²) in [6.45, 7) is -0.500. The van der Waals surface area contributed by atoms with E-state index in [0.29, 0.717) is 38.9 Å². The number of hydrogen-bond acceptors (Lipinski definition) is 5. The molecule has 0 saturated carbocycles. The minimum absolute atomic E-state index is 0.103. The number of benzene rings is 2. The van der Waals surface area contributed by atoms with Gasteiger partial charge in [-0.25, -0.2) is 4.39 Å². The number of halogens is 3. The summed E-state index contributed by atoms with van der Waals surface area (Å²) in [5.41, 5.74) is 0.807. The number of hydrogen-bond donors (Lipinski definition) is 1. The fourth-order valence-electron chi connectivity index (χ4n) is 2.94. The molecule has 0 radical (unpaired) electrons. The van der Waals surface area contributed by atoms with Crippen LogP contribution in [0.15, 0.2) is 63.9 Å². The van der Waals surface area contributed by atoms with Crippen molar-refractivity contribution >= 4 is 63.8 Å². The van der Waals surface area contributed by atoms with E-state index >= 15 is 0 Å². The predicted octanol–water partition coefficient (Wildman–Crippen LogP) is 6.07. The van der Waals surface area contributed by atoms with E-state index in [4.69, 9.17) is 27.6 Å². The molecule has 4 rings (SSSR count). The van der Waals surface area contributed by atoms with Crippen LogP contribution < -0.4 is 5.32 Å². The van der Waals surface area contributed by atoms with E-state index < -0.39 is 29.4 Å². The van der Waals surface area contributed by atoms with Crippen LogP contribution in [0.3, 0.4) is 0 Å². The standard InChI is InChI=1S/C22H13Cl2FN2O4S/c23-12-4-6-17(24)16(8-12)18-7-5-15(31-18)10-19-21(29)27(22(30)32-19)11-20(28)26-14-3-1-2-13(25)9-14/h1-10H,11H2,(H,26,28)/b19-10+. The molecule has 32 heavy (non-hydrogen) atoms. The Balaban J connectivity index is 1.47. The van der Waals surface area contributed by atoms with Crippen molar-refractivity contribution in [2.24, 2.45) is 0 Å². The third-order valence-corrected chi connectivity index (χ3v) is 5.85. The SMILES string of the molecule is O=C(CN1C(=O)S/C(=C/c2ccc(-c3cc(Cl)ccc3Cl)o2)C1=O)Nc1cccc(F)c1. The number of imide groups is 1. The lowest BCUT2D eigenvalue weighted by Crippen LogP contribution is -2.36. The maximum absolute atomic E-state index is 13.3. The van der Waals surface area contributed by atoms with Crippen LogP contribution in [-0.4, -0.2) is 28.5 Å². The first-order valence-corrected chi connectivity index (χ1v) is 10.7. The molecule has 0 unspecified atom stereocenters. The molecule has 2 heterocycles. The minimum Gasteiger partial charge on any atom is -0.457 e. The molecule has 0 atom stereocenters. The molecule has 1 aliphatic heterocycles. The summed E-state index contributed by atoms with van der Waals surface area (Å²) in [6.07, 6.45) is 1.41. The summed E-state index contributed by atoms with van der Waals surface area (Å²) in [5, 5.41) is 2.78. The van der Waals surface area contributed by atoms with Crippen molar-refractivity contribution in [3.05, 3.63) is 81.1 Å². The van der Waals surface area contributed by atoms with Crippen LogP contribution in [0.2, 0.25) is 10.0 Å². The van der Waals surface area contributed by atoms with E-state index in [0.717, 1.165) is 11.0 Å². The smallest absolute Gasteiger partial charge is 0.294 e. The zero-order chi connectivity index (χ0) is 22.8. The molecule has 1 saturated heterocycles. The first-order valence-electron chi connectivity index (χ1n) is 9.16. The first-order chi connectivity index (χ1) is 15.3. The number of nitrogens with zero attached hydrogens (tertiary/aromatic N) is 1. The molecular weight excluding hydrogens is 478 g/mol. The largest absolute Gasteiger partial charge is 0.457 e. The molecule has 0 aliphatic carbocycles. The Morgan fingerprint density at radius 1 is 1.12 bits per heavy atom. The molecule has 1 aromatic heterocycles. The van der Waals surface area contributed by atoms with E-state index in [1.54, 1.807) is 30.3 Å². The highest BCUT2D eigenvalue weighted by Gasteiger charge is 2.36. The number of thioether (sulfide) groups is 1. The Kier molecular flexibility index (Phi) is 6.36. The lowest BCUT2D eigenvalue weighted by atomic mass is 10.2. The zero-order valence-corrected chi connectivity index (χ0v) is 18.4. The highest BCUT2D eigenvalue weighted by molar-refractivity contribution is 8.18. The zero-order valence-electron chi connectivity index (χ0n) is 16.1. The predicted molar refractivity (Wildman–Crippen MR) is 122 cm³/mol. The van der Waals surface area contributed by atoms with Crippen LogP contribution in [0.4, 0.5) is 14.9 Å². The van der Waals surface area contributed by atoms with Crippen molar-refractivity contribution in [2.75, 3.05) is 11.9 Å². The Morgan fingerprint density at radius 3 is 2.72 bits per heavy atom. The van der Waals surface area contributed by atoms with E-state index in [1.807, 2.05) is 0 Å². The van der Waals surface area contributed by atoms with Gasteiger partial charge in [0.15, 0.2) is 0 Å². The van der Waals surface area contributed by atoms with E-state index in [9.17, 15) is 18.8 Å². The number of nitrogens with one attached hydrogen (secondary N) is 1. The molecule has 162 valence electrons. The second-order valence-corrected chi connectivity index (χ2v) is 8.49. The number of rotatable bonds is 5. The molecule has 6 nitrogen and oxygen atoms in total. The van der Waals surface area contributed by atoms with Gasteiger partial charge in [-0.05, 0) is 60.3 Å². The van der Waals surface area contributed by atoms with Gasteiger partial charge in [0.1, 0.15) is 23.9 Å². The third-order valence-electron chi connectivity index (χ3n) is 4.38. The molecule has 0 spiro atoms. The van der Waals surface area contributed by atoms with Crippen molar-refractivity contribution in [1.29, 1.82) is 0 Å². The van der Waals surface area contributed by atoms with Crippen molar-refractivity contribution in [3.8, 4) is 11.3 Å². The maximum atomic E-state index is 13.3. The number of carbonyl (C=O) groups is 3. The number of carbonyl (C=O) groups excluding carboxylic acids is 3. The third kappa shape index (κ3) is 4.88. The molecule has 10 heteroatoms. The highest BCUT2D eigenvalue weighted by Crippen LogP contribution is 2.35. The number of anilines is 1.